The quantitative estimate of drug-likeness (QED) is 0.168. The molecule has 0 saturated heterocycles. The molecule has 1 aliphatic carbocycles. The summed E-state index contributed by atoms with van der Waals surface area (Å²) in [7, 11) is 1.68. The lowest BCUT2D eigenvalue weighted by atomic mass is 9.81. The van der Waals surface area contributed by atoms with Gasteiger partial charge in [-0.25, -0.2) is 9.97 Å². The molecule has 1 aromatic carbocycles. The minimum atomic E-state index is -3.26. The van der Waals surface area contributed by atoms with E-state index in [-0.39, 0.29) is 29.5 Å². The first-order valence-electron chi connectivity index (χ1n) is 12.9. The lowest BCUT2D eigenvalue weighted by Crippen LogP contribution is -2.31. The smallest absolute Gasteiger partial charge is 0.397 e. The molecule has 3 N–H and O–H groups in total. The fourth-order valence-corrected chi connectivity index (χ4v) is 4.46. The molecule has 1 aliphatic rings. The number of unbranched alkanes of at least 4 members (excludes halogenated alkanes) is 1. The van der Waals surface area contributed by atoms with Crippen molar-refractivity contribution >= 4 is 17.6 Å². The number of ether oxygens (including phenoxy) is 1. The van der Waals surface area contributed by atoms with Crippen LogP contribution >= 0.6 is 0 Å². The number of alkyl halides is 2. The number of carbonyl (C=O) groups excluding carboxylic acids is 1. The lowest BCUT2D eigenvalue weighted by molar-refractivity contribution is -0.177. The van der Waals surface area contributed by atoms with E-state index in [0.29, 0.717) is 29.7 Å². The summed E-state index contributed by atoms with van der Waals surface area (Å²) in [6, 6.07) is 7.63. The van der Waals surface area contributed by atoms with Gasteiger partial charge in [0.05, 0.1) is 16.9 Å². The van der Waals surface area contributed by atoms with Gasteiger partial charge in [-0.15, -0.1) is 0 Å². The van der Waals surface area contributed by atoms with Crippen molar-refractivity contribution in [3.63, 3.8) is 0 Å². The van der Waals surface area contributed by atoms with Crippen LogP contribution in [0.3, 0.4) is 0 Å². The van der Waals surface area contributed by atoms with Crippen LogP contribution in [-0.2, 0) is 0 Å². The number of aromatic nitrogens is 2. The lowest BCUT2D eigenvalue weighted by Gasteiger charge is -2.32. The van der Waals surface area contributed by atoms with Crippen molar-refractivity contribution < 1.29 is 23.4 Å². The molecule has 37 heavy (non-hydrogen) atoms. The first-order valence-corrected chi connectivity index (χ1v) is 12.9. The van der Waals surface area contributed by atoms with Gasteiger partial charge in [0.1, 0.15) is 11.4 Å². The molecular weight excluding hydrogens is 478 g/mol. The van der Waals surface area contributed by atoms with E-state index < -0.39 is 18.1 Å². The minimum Gasteiger partial charge on any atom is -0.433 e. The Balaban J connectivity index is 1.79. The van der Waals surface area contributed by atoms with Crippen LogP contribution in [-0.4, -0.2) is 45.8 Å². The summed E-state index contributed by atoms with van der Waals surface area (Å²) in [4.78, 5) is 22.0. The Morgan fingerprint density at radius 1 is 1.19 bits per heavy atom. The Hall–Kier alpha value is -3.20. The monoisotopic (exact) mass is 514 g/mol. The number of ketones is 1. The fraction of sp³-hybridized carbons (Fsp3) is 0.500. The molecule has 9 heteroatoms. The standard InChI is InChI=1S/C28H36F2N4O3/c1-3-28(29,30)37-22-12-10-20(11-13-22)23-17-24(34-26(33-23)21(18-31)19-32-2)25(35)9-5-8-16-27(36)14-6-4-7-15-27/h10-13,17-19,31-32,36H,3-9,14-16H2,1-2H3/b21-19+,31-18?. The highest BCUT2D eigenvalue weighted by molar-refractivity contribution is 6.07. The number of nitrogens with one attached hydrogen (secondary N) is 2. The highest BCUT2D eigenvalue weighted by atomic mass is 19.3. The van der Waals surface area contributed by atoms with Gasteiger partial charge >= 0.3 is 6.11 Å². The van der Waals surface area contributed by atoms with Gasteiger partial charge in [0.15, 0.2) is 11.6 Å². The molecule has 1 saturated carbocycles. The molecule has 0 bridgehead atoms. The van der Waals surface area contributed by atoms with Gasteiger partial charge in [-0.1, -0.05) is 32.6 Å². The molecule has 1 aromatic heterocycles. The van der Waals surface area contributed by atoms with Crippen LogP contribution in [0.4, 0.5) is 8.78 Å². The third-order valence-corrected chi connectivity index (χ3v) is 6.63. The minimum absolute atomic E-state index is 0.0241. The molecule has 7 nitrogen and oxygen atoms in total. The molecule has 0 atom stereocenters. The number of allylic oxidation sites excluding steroid dienone is 1. The van der Waals surface area contributed by atoms with Crippen molar-refractivity contribution in [1.29, 1.82) is 5.41 Å². The molecule has 0 spiro atoms. The topological polar surface area (TPSA) is 108 Å². The Labute approximate surface area is 216 Å². The van der Waals surface area contributed by atoms with Crippen molar-refractivity contribution in [2.24, 2.45) is 0 Å². The van der Waals surface area contributed by atoms with E-state index in [1.807, 2.05) is 0 Å². The van der Waals surface area contributed by atoms with E-state index in [1.165, 1.54) is 25.5 Å². The molecule has 0 unspecified atom stereocenters. The maximum Gasteiger partial charge on any atom is 0.397 e. The fourth-order valence-electron chi connectivity index (χ4n) is 4.46. The SMILES string of the molecule is CCC(F)(F)Oc1ccc(-c2cc(C(=O)CCCCC3(O)CCCCC3)nc(/C(C=N)=C/NC)n2)cc1. The zero-order valence-corrected chi connectivity index (χ0v) is 21.5. The van der Waals surface area contributed by atoms with Crippen LogP contribution in [0.2, 0.25) is 0 Å². The van der Waals surface area contributed by atoms with Crippen LogP contribution in [0.5, 0.6) is 5.75 Å². The second-order valence-corrected chi connectivity index (χ2v) is 9.53. The summed E-state index contributed by atoms with van der Waals surface area (Å²) in [5, 5.41) is 21.3. The zero-order valence-electron chi connectivity index (χ0n) is 21.5. The summed E-state index contributed by atoms with van der Waals surface area (Å²) >= 11 is 0. The molecule has 0 amide bonds. The number of carbonyl (C=O) groups is 1. The van der Waals surface area contributed by atoms with Crippen LogP contribution < -0.4 is 10.1 Å². The van der Waals surface area contributed by atoms with Gasteiger partial charge in [0.25, 0.3) is 0 Å². The van der Waals surface area contributed by atoms with E-state index in [1.54, 1.807) is 31.4 Å². The average Bonchev–Trinajstić information content (AvgIpc) is 2.90. The second kappa shape index (κ2) is 12.9. The Morgan fingerprint density at radius 3 is 2.51 bits per heavy atom. The van der Waals surface area contributed by atoms with Gasteiger partial charge in [-0.2, -0.15) is 8.78 Å². The Morgan fingerprint density at radius 2 is 1.89 bits per heavy atom. The number of hydrogen-bond donors (Lipinski definition) is 3. The maximum atomic E-state index is 13.6. The highest BCUT2D eigenvalue weighted by Crippen LogP contribution is 2.32. The van der Waals surface area contributed by atoms with Gasteiger partial charge in [0.2, 0.25) is 0 Å². The molecule has 0 aliphatic heterocycles. The third kappa shape index (κ3) is 8.15. The predicted molar refractivity (Wildman–Crippen MR) is 140 cm³/mol. The van der Waals surface area contributed by atoms with E-state index in [4.69, 9.17) is 10.1 Å². The first-order chi connectivity index (χ1) is 17.7. The summed E-state index contributed by atoms with van der Waals surface area (Å²) < 4.78 is 31.9. The number of Topliss-reactive ketones (excluding diaryl/α,β-unsaturated/α-hetero) is 1. The van der Waals surface area contributed by atoms with Crippen molar-refractivity contribution in [2.75, 3.05) is 7.05 Å². The van der Waals surface area contributed by atoms with E-state index in [2.05, 4.69) is 15.3 Å². The van der Waals surface area contributed by atoms with Crippen LogP contribution in [0, 0.1) is 5.41 Å². The molecule has 0 radical (unpaired) electrons. The summed E-state index contributed by atoms with van der Waals surface area (Å²) in [6.45, 7) is 1.34. The zero-order chi connectivity index (χ0) is 26.9. The number of benzene rings is 1. The number of hydrogen-bond acceptors (Lipinski definition) is 7. The van der Waals surface area contributed by atoms with Gasteiger partial charge in [-0.05, 0) is 56.0 Å². The van der Waals surface area contributed by atoms with Gasteiger partial charge in [-0.3, -0.25) is 4.79 Å². The summed E-state index contributed by atoms with van der Waals surface area (Å²) in [6.07, 6.45) is 6.22. The predicted octanol–water partition coefficient (Wildman–Crippen LogP) is 6.17. The Bertz CT molecular complexity index is 1100. The van der Waals surface area contributed by atoms with E-state index >= 15 is 0 Å². The third-order valence-electron chi connectivity index (χ3n) is 6.63. The molecule has 1 fully saturated rings. The van der Waals surface area contributed by atoms with Crippen LogP contribution in [0.25, 0.3) is 16.8 Å². The van der Waals surface area contributed by atoms with Crippen molar-refractivity contribution in [3.05, 3.63) is 48.1 Å². The maximum absolute atomic E-state index is 13.6. The Kier molecular flexibility index (Phi) is 9.86. The molecule has 3 rings (SSSR count). The second-order valence-electron chi connectivity index (χ2n) is 9.53. The number of nitrogens with zero attached hydrogens (tertiary/aromatic N) is 2. The molecule has 1 heterocycles. The van der Waals surface area contributed by atoms with Gasteiger partial charge in [0, 0.05) is 37.9 Å². The number of rotatable bonds is 13. The van der Waals surface area contributed by atoms with Crippen molar-refractivity contribution in [2.45, 2.75) is 82.8 Å². The summed E-state index contributed by atoms with van der Waals surface area (Å²) in [5.41, 5.74) is 1.03. The first kappa shape index (κ1) is 28.4. The van der Waals surface area contributed by atoms with Crippen molar-refractivity contribution in [3.8, 4) is 17.0 Å². The van der Waals surface area contributed by atoms with E-state index in [0.717, 1.165) is 38.3 Å². The largest absolute Gasteiger partial charge is 0.433 e. The van der Waals surface area contributed by atoms with E-state index in [9.17, 15) is 18.7 Å². The van der Waals surface area contributed by atoms with Gasteiger partial charge < -0.3 is 20.6 Å². The summed E-state index contributed by atoms with van der Waals surface area (Å²) in [5.74, 6) is 0.0764. The molecule has 200 valence electrons. The van der Waals surface area contributed by atoms with Crippen molar-refractivity contribution in [1.82, 2.24) is 15.3 Å². The molecular formula is C28H36F2N4O3. The van der Waals surface area contributed by atoms with Crippen LogP contribution in [0.15, 0.2) is 36.5 Å². The normalized spacial score (nSPS) is 15.8. The highest BCUT2D eigenvalue weighted by Gasteiger charge is 2.29. The number of halogens is 2. The molecule has 2 aromatic rings. The van der Waals surface area contributed by atoms with Crippen LogP contribution in [0.1, 0.15) is 87.4 Å². The average molecular weight is 515 g/mol. The number of aliphatic hydroxyl groups is 1.